The van der Waals surface area contributed by atoms with E-state index < -0.39 is 10.1 Å². The van der Waals surface area contributed by atoms with Crippen LogP contribution < -0.4 is 0 Å². The molecule has 0 fully saturated rings. The third-order valence-electron chi connectivity index (χ3n) is 2.73. The molecule has 1 unspecified atom stereocenters. The highest BCUT2D eigenvalue weighted by Crippen LogP contribution is 2.21. The number of rotatable bonds is 3. The first-order valence-electron chi connectivity index (χ1n) is 5.67. The molecule has 0 N–H and O–H groups in total. The van der Waals surface area contributed by atoms with Crippen molar-refractivity contribution in [3.8, 4) is 0 Å². The maximum Gasteiger partial charge on any atom is 0.338 e. The Hall–Kier alpha value is -0.900. The molecule has 0 amide bonds. The fourth-order valence-corrected chi connectivity index (χ4v) is 2.87. The van der Waals surface area contributed by atoms with Gasteiger partial charge < -0.3 is 4.18 Å². The third-order valence-corrected chi connectivity index (χ3v) is 4.48. The SMILES string of the molecule is Cc1ccc(S(=O)(=O)OC2=CCN(P)CC2)cc1. The number of benzene rings is 1. The molecule has 98 valence electrons. The van der Waals surface area contributed by atoms with Gasteiger partial charge in [-0.05, 0) is 25.1 Å². The molecule has 1 aliphatic rings. The molecule has 1 aliphatic heterocycles. The van der Waals surface area contributed by atoms with Crippen LogP contribution in [0, 0.1) is 6.92 Å². The van der Waals surface area contributed by atoms with Gasteiger partial charge in [0, 0.05) is 19.5 Å². The lowest BCUT2D eigenvalue weighted by Gasteiger charge is -2.21. The summed E-state index contributed by atoms with van der Waals surface area (Å²) in [6.07, 6.45) is 2.40. The fraction of sp³-hybridized carbons (Fsp3) is 0.333. The van der Waals surface area contributed by atoms with Gasteiger partial charge in [0.25, 0.3) is 0 Å². The first kappa shape index (κ1) is 13.5. The van der Waals surface area contributed by atoms with Crippen molar-refractivity contribution in [3.63, 3.8) is 0 Å². The second-order valence-electron chi connectivity index (χ2n) is 4.27. The fourth-order valence-electron chi connectivity index (χ4n) is 1.64. The van der Waals surface area contributed by atoms with Crippen molar-refractivity contribution in [2.75, 3.05) is 13.1 Å². The molecule has 0 spiro atoms. The van der Waals surface area contributed by atoms with E-state index in [0.29, 0.717) is 18.7 Å². The molecule has 6 heteroatoms. The Kier molecular flexibility index (Phi) is 4.05. The van der Waals surface area contributed by atoms with Gasteiger partial charge >= 0.3 is 10.1 Å². The molecule has 0 aliphatic carbocycles. The van der Waals surface area contributed by atoms with Gasteiger partial charge in [-0.3, -0.25) is 4.67 Å². The zero-order valence-electron chi connectivity index (χ0n) is 10.2. The van der Waals surface area contributed by atoms with Crippen LogP contribution in [0.4, 0.5) is 0 Å². The van der Waals surface area contributed by atoms with E-state index in [0.717, 1.165) is 12.1 Å². The molecule has 1 atom stereocenters. The van der Waals surface area contributed by atoms with Gasteiger partial charge in [0.1, 0.15) is 10.7 Å². The molecule has 0 radical (unpaired) electrons. The van der Waals surface area contributed by atoms with E-state index in [-0.39, 0.29) is 4.90 Å². The minimum Gasteiger partial charge on any atom is -0.384 e. The molecule has 1 heterocycles. The zero-order chi connectivity index (χ0) is 13.2. The van der Waals surface area contributed by atoms with Gasteiger partial charge in [-0.25, -0.2) is 0 Å². The third kappa shape index (κ3) is 3.31. The molecule has 0 saturated heterocycles. The van der Waals surface area contributed by atoms with Crippen molar-refractivity contribution in [1.82, 2.24) is 4.67 Å². The van der Waals surface area contributed by atoms with Crippen molar-refractivity contribution in [2.45, 2.75) is 18.2 Å². The van der Waals surface area contributed by atoms with E-state index >= 15 is 0 Å². The predicted molar refractivity (Wildman–Crippen MR) is 73.4 cm³/mol. The minimum absolute atomic E-state index is 0.197. The molecular weight excluding hydrogens is 269 g/mol. The lowest BCUT2D eigenvalue weighted by atomic mass is 10.2. The smallest absolute Gasteiger partial charge is 0.338 e. The number of hydrogen-bond acceptors (Lipinski definition) is 4. The second-order valence-corrected chi connectivity index (χ2v) is 6.54. The van der Waals surface area contributed by atoms with Gasteiger partial charge in [-0.2, -0.15) is 8.42 Å². The van der Waals surface area contributed by atoms with Crippen LogP contribution in [-0.2, 0) is 14.3 Å². The van der Waals surface area contributed by atoms with Gasteiger partial charge in [-0.1, -0.05) is 27.1 Å². The van der Waals surface area contributed by atoms with Crippen LogP contribution >= 0.6 is 9.39 Å². The Bertz CT molecular complexity index is 551. The Balaban J connectivity index is 2.15. The summed E-state index contributed by atoms with van der Waals surface area (Å²) in [6, 6.07) is 6.65. The van der Waals surface area contributed by atoms with Gasteiger partial charge in [0.15, 0.2) is 0 Å². The van der Waals surface area contributed by atoms with Crippen LogP contribution in [0.5, 0.6) is 0 Å². The van der Waals surface area contributed by atoms with E-state index in [1.54, 1.807) is 30.3 Å². The topological polar surface area (TPSA) is 46.6 Å². The Morgan fingerprint density at radius 3 is 2.50 bits per heavy atom. The summed E-state index contributed by atoms with van der Waals surface area (Å²) in [5.41, 5.74) is 1.02. The average molecular weight is 285 g/mol. The summed E-state index contributed by atoms with van der Waals surface area (Å²) in [6.45, 7) is 3.37. The summed E-state index contributed by atoms with van der Waals surface area (Å²) in [5, 5.41) is 0. The Labute approximate surface area is 110 Å². The quantitative estimate of drug-likeness (QED) is 0.630. The van der Waals surface area contributed by atoms with Gasteiger partial charge in [0.2, 0.25) is 0 Å². The Morgan fingerprint density at radius 2 is 1.94 bits per heavy atom. The zero-order valence-corrected chi connectivity index (χ0v) is 12.1. The van der Waals surface area contributed by atoms with Crippen molar-refractivity contribution < 1.29 is 12.6 Å². The van der Waals surface area contributed by atoms with Crippen LogP contribution in [0.1, 0.15) is 12.0 Å². The maximum atomic E-state index is 12.0. The van der Waals surface area contributed by atoms with Crippen LogP contribution in [-0.4, -0.2) is 26.2 Å². The standard InChI is InChI=1S/C12H16NO3PS/c1-10-2-4-12(5-3-10)18(14,15)16-11-6-8-13(17)9-7-11/h2-6H,7-9,17H2,1H3. The van der Waals surface area contributed by atoms with Crippen LogP contribution in [0.3, 0.4) is 0 Å². The monoisotopic (exact) mass is 285 g/mol. The number of aryl methyl sites for hydroxylation is 1. The first-order valence-corrected chi connectivity index (χ1v) is 7.60. The van der Waals surface area contributed by atoms with Gasteiger partial charge in [0.05, 0.1) is 0 Å². The molecule has 0 bridgehead atoms. The van der Waals surface area contributed by atoms with Crippen molar-refractivity contribution >= 4 is 19.5 Å². The number of nitrogens with zero attached hydrogens (tertiary/aromatic N) is 1. The average Bonchev–Trinajstić information content (AvgIpc) is 2.32. The van der Waals surface area contributed by atoms with Crippen molar-refractivity contribution in [3.05, 3.63) is 41.7 Å². The summed E-state index contributed by atoms with van der Waals surface area (Å²) in [7, 11) is -1.10. The van der Waals surface area contributed by atoms with Crippen LogP contribution in [0.2, 0.25) is 0 Å². The van der Waals surface area contributed by atoms with E-state index in [4.69, 9.17) is 4.18 Å². The van der Waals surface area contributed by atoms with E-state index in [2.05, 4.69) is 9.39 Å². The largest absolute Gasteiger partial charge is 0.384 e. The maximum absolute atomic E-state index is 12.0. The molecule has 0 saturated carbocycles. The first-order chi connectivity index (χ1) is 8.47. The molecule has 18 heavy (non-hydrogen) atoms. The van der Waals surface area contributed by atoms with Crippen LogP contribution in [0.25, 0.3) is 0 Å². The number of hydrogen-bond donors (Lipinski definition) is 0. The summed E-state index contributed by atoms with van der Waals surface area (Å²) in [5.74, 6) is 0.522. The molecule has 4 nitrogen and oxygen atoms in total. The molecule has 2 rings (SSSR count). The lowest BCUT2D eigenvalue weighted by molar-refractivity contribution is 0.354. The van der Waals surface area contributed by atoms with Crippen molar-refractivity contribution in [2.24, 2.45) is 0 Å². The second kappa shape index (κ2) is 5.39. The van der Waals surface area contributed by atoms with E-state index in [1.165, 1.54) is 0 Å². The molecule has 1 aromatic rings. The van der Waals surface area contributed by atoms with Crippen molar-refractivity contribution in [1.29, 1.82) is 0 Å². The normalized spacial score (nSPS) is 17.3. The highest BCUT2D eigenvalue weighted by Gasteiger charge is 2.19. The highest BCUT2D eigenvalue weighted by molar-refractivity contribution is 7.86. The van der Waals surface area contributed by atoms with E-state index in [1.807, 2.05) is 11.6 Å². The minimum atomic E-state index is -3.69. The predicted octanol–water partition coefficient (Wildman–Crippen LogP) is 2.08. The van der Waals surface area contributed by atoms with E-state index in [9.17, 15) is 8.42 Å². The molecule has 1 aromatic carbocycles. The Morgan fingerprint density at radius 1 is 1.28 bits per heavy atom. The lowest BCUT2D eigenvalue weighted by Crippen LogP contribution is -2.20. The summed E-state index contributed by atoms with van der Waals surface area (Å²) < 4.78 is 31.2. The highest BCUT2D eigenvalue weighted by atomic mass is 32.2. The van der Waals surface area contributed by atoms with Crippen LogP contribution in [0.15, 0.2) is 41.0 Å². The molecule has 0 aromatic heterocycles. The molecular formula is C12H16NO3PS. The van der Waals surface area contributed by atoms with Gasteiger partial charge in [-0.15, -0.1) is 0 Å². The summed E-state index contributed by atoms with van der Waals surface area (Å²) >= 11 is 0. The summed E-state index contributed by atoms with van der Waals surface area (Å²) in [4.78, 5) is 0.197.